The number of benzene rings is 1. The van der Waals surface area contributed by atoms with Crippen molar-refractivity contribution in [3.8, 4) is 6.07 Å². The summed E-state index contributed by atoms with van der Waals surface area (Å²) in [6, 6.07) is 5.77. The average molecular weight is 379 g/mol. The summed E-state index contributed by atoms with van der Waals surface area (Å²) in [6.45, 7) is 0. The first-order valence-corrected chi connectivity index (χ1v) is 7.88. The molecule has 0 amide bonds. The second-order valence-electron chi connectivity index (χ2n) is 4.24. The van der Waals surface area contributed by atoms with Gasteiger partial charge in [-0.15, -0.1) is 11.3 Å². The molecule has 2 aromatic heterocycles. The van der Waals surface area contributed by atoms with Crippen LogP contribution in [0.15, 0.2) is 29.8 Å². The van der Waals surface area contributed by atoms with E-state index in [1.807, 2.05) is 6.07 Å². The number of para-hydroxylation sites is 1. The van der Waals surface area contributed by atoms with Crippen LogP contribution < -0.4 is 68.9 Å². The Morgan fingerprint density at radius 1 is 1.38 bits per heavy atom. The van der Waals surface area contributed by atoms with Gasteiger partial charge in [-0.05, 0) is 6.07 Å². The van der Waals surface area contributed by atoms with Crippen LogP contribution in [0.5, 0.6) is 0 Å². The standard InChI is InChI=1S/C13H5FN3O3PS.2Na/c14-10-3-1-2-8-9(5-17(11(8)10)21(19)20)12(18)13-16-7(4-15)6-22-13;;/h1-3,5-6H;;/q-2;2*+1. The van der Waals surface area contributed by atoms with E-state index in [1.54, 1.807) is 0 Å². The Labute approximate surface area is 185 Å². The molecule has 3 aromatic rings. The fourth-order valence-corrected chi connectivity index (χ4v) is 3.35. The van der Waals surface area contributed by atoms with Gasteiger partial charge in [-0.2, -0.15) is 13.8 Å². The van der Waals surface area contributed by atoms with Gasteiger partial charge in [-0.1, -0.05) is 12.1 Å². The van der Waals surface area contributed by atoms with Gasteiger partial charge in [0, 0.05) is 17.0 Å². The summed E-state index contributed by atoms with van der Waals surface area (Å²) in [5, 5.41) is 10.4. The summed E-state index contributed by atoms with van der Waals surface area (Å²) in [6.07, 6.45) is 1.06. The van der Waals surface area contributed by atoms with Gasteiger partial charge >= 0.3 is 59.1 Å². The zero-order valence-electron chi connectivity index (χ0n) is 12.7. The van der Waals surface area contributed by atoms with Gasteiger partial charge in [-0.3, -0.25) is 4.79 Å². The molecule has 6 nitrogen and oxygen atoms in total. The quantitative estimate of drug-likeness (QED) is 0.258. The Balaban J connectivity index is 0.00000144. The van der Waals surface area contributed by atoms with Crippen LogP contribution in [0.25, 0.3) is 10.9 Å². The molecule has 0 bridgehead atoms. The number of carbonyl (C=O) groups is 1. The van der Waals surface area contributed by atoms with Crippen LogP contribution in [0, 0.1) is 17.1 Å². The summed E-state index contributed by atoms with van der Waals surface area (Å²) < 4.78 is 14.6. The fraction of sp³-hybridized carbons (Fsp3) is 0. The molecule has 24 heavy (non-hydrogen) atoms. The topological polar surface area (TPSA) is 105 Å². The van der Waals surface area contributed by atoms with Crippen LogP contribution in [-0.4, -0.2) is 15.1 Å². The first-order valence-electron chi connectivity index (χ1n) is 5.87. The number of thiazole rings is 1. The van der Waals surface area contributed by atoms with Gasteiger partial charge in [0.25, 0.3) is 0 Å². The van der Waals surface area contributed by atoms with E-state index in [2.05, 4.69) is 4.98 Å². The number of fused-ring (bicyclic) bond motifs is 1. The summed E-state index contributed by atoms with van der Waals surface area (Å²) in [5.74, 6) is -1.30. The van der Waals surface area contributed by atoms with E-state index < -0.39 is 20.1 Å². The summed E-state index contributed by atoms with van der Waals surface area (Å²) in [7, 11) is -3.13. The van der Waals surface area contributed by atoms with Crippen molar-refractivity contribution in [1.29, 1.82) is 5.26 Å². The minimum absolute atomic E-state index is 0. The largest absolute Gasteiger partial charge is 1.00 e. The first-order chi connectivity index (χ1) is 10.5. The number of hydrogen-bond acceptors (Lipinski definition) is 6. The van der Waals surface area contributed by atoms with Crippen LogP contribution in [-0.2, 0) is 0 Å². The van der Waals surface area contributed by atoms with Crippen molar-refractivity contribution >= 4 is 36.5 Å². The fourth-order valence-electron chi connectivity index (χ4n) is 2.08. The van der Waals surface area contributed by atoms with Crippen LogP contribution in [0.4, 0.5) is 4.39 Å². The Kier molecular flexibility index (Phi) is 8.17. The molecule has 1 aromatic carbocycles. The molecule has 0 radical (unpaired) electrons. The molecule has 0 atom stereocenters. The molecule has 0 fully saturated rings. The van der Waals surface area contributed by atoms with Crippen LogP contribution >= 0.6 is 19.9 Å². The normalized spacial score (nSPS) is 10.1. The zero-order chi connectivity index (χ0) is 15.9. The van der Waals surface area contributed by atoms with Crippen molar-refractivity contribution in [2.45, 2.75) is 0 Å². The van der Waals surface area contributed by atoms with Crippen molar-refractivity contribution < 1.29 is 78.1 Å². The van der Waals surface area contributed by atoms with Crippen LogP contribution in [0.2, 0.25) is 0 Å². The molecule has 0 saturated heterocycles. The number of hydrogen-bond donors (Lipinski definition) is 0. The van der Waals surface area contributed by atoms with Gasteiger partial charge in [-0.25, -0.2) is 9.37 Å². The monoisotopic (exact) mass is 379 g/mol. The van der Waals surface area contributed by atoms with E-state index in [0.717, 1.165) is 23.6 Å². The molecule has 110 valence electrons. The molecule has 2 heterocycles. The number of nitrogens with zero attached hydrogens (tertiary/aromatic N) is 3. The minimum Gasteiger partial charge on any atom is -0.825 e. The second-order valence-corrected chi connectivity index (χ2v) is 6.00. The number of aromatic nitrogens is 2. The van der Waals surface area contributed by atoms with Crippen molar-refractivity contribution in [1.82, 2.24) is 9.32 Å². The Bertz CT molecular complexity index is 938. The molecule has 0 aliphatic heterocycles. The number of carbonyl (C=O) groups excluding carboxylic acids is 1. The predicted molar refractivity (Wildman–Crippen MR) is 74.5 cm³/mol. The zero-order valence-corrected chi connectivity index (χ0v) is 18.4. The Morgan fingerprint density at radius 2 is 2.08 bits per heavy atom. The summed E-state index contributed by atoms with van der Waals surface area (Å²) in [4.78, 5) is 38.8. The van der Waals surface area contributed by atoms with Crippen LogP contribution in [0.1, 0.15) is 21.1 Å². The smallest absolute Gasteiger partial charge is 0.825 e. The second kappa shape index (κ2) is 8.97. The molecule has 0 N–H and O–H groups in total. The van der Waals surface area contributed by atoms with Gasteiger partial charge in [0.2, 0.25) is 5.78 Å². The predicted octanol–water partition coefficient (Wildman–Crippen LogP) is -4.86. The molecular formula is C13H5FN3Na2O3PS. The van der Waals surface area contributed by atoms with Gasteiger partial charge in [0.05, 0.1) is 11.1 Å². The third kappa shape index (κ3) is 3.97. The molecular weight excluding hydrogens is 374 g/mol. The molecule has 11 heteroatoms. The first kappa shape index (κ1) is 21.9. The Morgan fingerprint density at radius 3 is 2.67 bits per heavy atom. The maximum absolute atomic E-state index is 13.9. The maximum atomic E-state index is 13.9. The molecule has 0 saturated carbocycles. The SMILES string of the molecule is N#Cc1csc(C(=O)c2cn(P([O-])[O-])c3c(F)cccc23)n1.[Na+].[Na+]. The summed E-state index contributed by atoms with van der Waals surface area (Å²) >= 11 is 0.970. The number of ketones is 1. The van der Waals surface area contributed by atoms with Crippen molar-refractivity contribution in [2.75, 3.05) is 0 Å². The van der Waals surface area contributed by atoms with E-state index >= 15 is 0 Å². The average Bonchev–Trinajstić information content (AvgIpc) is 3.12. The van der Waals surface area contributed by atoms with E-state index in [-0.39, 0.29) is 86.3 Å². The molecule has 0 unspecified atom stereocenters. The third-order valence-electron chi connectivity index (χ3n) is 2.99. The molecule has 3 rings (SSSR count). The number of rotatable bonds is 3. The van der Waals surface area contributed by atoms with E-state index in [9.17, 15) is 19.0 Å². The maximum Gasteiger partial charge on any atom is 1.00 e. The molecule has 0 aliphatic rings. The van der Waals surface area contributed by atoms with Gasteiger partial charge in [0.1, 0.15) is 11.9 Å². The summed E-state index contributed by atoms with van der Waals surface area (Å²) in [5.41, 5.74) is -0.0651. The van der Waals surface area contributed by atoms with Gasteiger partial charge < -0.3 is 14.1 Å². The van der Waals surface area contributed by atoms with E-state index in [1.165, 1.54) is 17.5 Å². The molecule has 0 spiro atoms. The van der Waals surface area contributed by atoms with Crippen molar-refractivity contribution in [2.24, 2.45) is 0 Å². The van der Waals surface area contributed by atoms with E-state index in [4.69, 9.17) is 5.26 Å². The van der Waals surface area contributed by atoms with Crippen molar-refractivity contribution in [3.05, 3.63) is 51.9 Å². The van der Waals surface area contributed by atoms with Gasteiger partial charge in [0.15, 0.2) is 10.7 Å². The third-order valence-corrected chi connectivity index (χ3v) is 4.50. The Hall–Kier alpha value is -0.170. The van der Waals surface area contributed by atoms with Crippen LogP contribution in [0.3, 0.4) is 0 Å². The van der Waals surface area contributed by atoms with E-state index in [0.29, 0.717) is 4.34 Å². The minimum atomic E-state index is -3.13. The molecule has 0 aliphatic carbocycles. The van der Waals surface area contributed by atoms with Crippen molar-refractivity contribution in [3.63, 3.8) is 0 Å². The number of nitriles is 1. The number of halogens is 1.